The van der Waals surface area contributed by atoms with Gasteiger partial charge in [-0.05, 0) is 55.2 Å². The van der Waals surface area contributed by atoms with Crippen molar-refractivity contribution in [2.45, 2.75) is 71.3 Å². The Kier molecular flexibility index (Phi) is 6.09. The van der Waals surface area contributed by atoms with Gasteiger partial charge < -0.3 is 5.32 Å². The minimum absolute atomic E-state index is 0.528. The largest absolute Gasteiger partial charge is 0.310 e. The third-order valence-corrected chi connectivity index (χ3v) is 4.89. The van der Waals surface area contributed by atoms with Crippen molar-refractivity contribution in [1.82, 2.24) is 5.32 Å². The molecule has 0 aliphatic heterocycles. The van der Waals surface area contributed by atoms with Crippen molar-refractivity contribution in [3.05, 3.63) is 35.4 Å². The first-order chi connectivity index (χ1) is 9.74. The van der Waals surface area contributed by atoms with Crippen LogP contribution in [0.15, 0.2) is 24.3 Å². The second-order valence-corrected chi connectivity index (χ2v) is 6.55. The normalized spacial score (nSPS) is 18.6. The lowest BCUT2D eigenvalue weighted by atomic mass is 9.79. The fourth-order valence-electron chi connectivity index (χ4n) is 2.97. The Morgan fingerprint density at radius 1 is 1.15 bits per heavy atom. The van der Waals surface area contributed by atoms with Crippen molar-refractivity contribution in [1.29, 1.82) is 0 Å². The predicted octanol–water partition coefficient (Wildman–Crippen LogP) is 5.43. The first kappa shape index (κ1) is 15.6. The van der Waals surface area contributed by atoms with E-state index in [1.165, 1.54) is 44.1 Å². The molecule has 2 unspecified atom stereocenters. The molecule has 1 aromatic rings. The molecule has 1 heteroatoms. The molecular weight excluding hydrogens is 242 g/mol. The van der Waals surface area contributed by atoms with Gasteiger partial charge in [0.2, 0.25) is 0 Å². The van der Waals surface area contributed by atoms with Gasteiger partial charge >= 0.3 is 0 Å². The molecule has 1 fully saturated rings. The van der Waals surface area contributed by atoms with E-state index in [9.17, 15) is 0 Å². The maximum Gasteiger partial charge on any atom is 0.0322 e. The third kappa shape index (κ3) is 4.09. The van der Waals surface area contributed by atoms with E-state index in [-0.39, 0.29) is 0 Å². The van der Waals surface area contributed by atoms with Gasteiger partial charge in [-0.25, -0.2) is 0 Å². The molecule has 1 aliphatic carbocycles. The first-order valence-corrected chi connectivity index (χ1v) is 8.57. The van der Waals surface area contributed by atoms with E-state index in [1.807, 2.05) is 0 Å². The van der Waals surface area contributed by atoms with Gasteiger partial charge in [-0.2, -0.15) is 0 Å². The summed E-state index contributed by atoms with van der Waals surface area (Å²) in [6, 6.07) is 10.00. The van der Waals surface area contributed by atoms with Gasteiger partial charge in [-0.1, -0.05) is 57.9 Å². The highest BCUT2D eigenvalue weighted by Crippen LogP contribution is 2.36. The Morgan fingerprint density at radius 2 is 1.85 bits per heavy atom. The molecule has 2 rings (SSSR count). The summed E-state index contributed by atoms with van der Waals surface area (Å²) in [6.07, 6.45) is 7.93. The molecule has 1 N–H and O–H groups in total. The zero-order chi connectivity index (χ0) is 14.4. The van der Waals surface area contributed by atoms with Gasteiger partial charge in [0.25, 0.3) is 0 Å². The molecule has 1 saturated carbocycles. The lowest BCUT2D eigenvalue weighted by Crippen LogP contribution is -2.24. The molecule has 0 saturated heterocycles. The first-order valence-electron chi connectivity index (χ1n) is 8.57. The van der Waals surface area contributed by atoms with E-state index in [1.54, 1.807) is 5.56 Å². The zero-order valence-corrected chi connectivity index (χ0v) is 13.5. The van der Waals surface area contributed by atoms with E-state index >= 15 is 0 Å². The highest BCUT2D eigenvalue weighted by Gasteiger charge is 2.20. The Bertz CT molecular complexity index is 377. The van der Waals surface area contributed by atoms with E-state index in [2.05, 4.69) is 50.4 Å². The zero-order valence-electron chi connectivity index (χ0n) is 13.5. The highest BCUT2D eigenvalue weighted by molar-refractivity contribution is 5.28. The van der Waals surface area contributed by atoms with Crippen LogP contribution in [0, 0.1) is 5.92 Å². The molecule has 0 heterocycles. The van der Waals surface area contributed by atoms with Crippen molar-refractivity contribution >= 4 is 0 Å². The smallest absolute Gasteiger partial charge is 0.0322 e. The molecule has 112 valence electrons. The number of benzene rings is 1. The summed E-state index contributed by atoms with van der Waals surface area (Å²) in [4.78, 5) is 0. The average molecular weight is 273 g/mol. The SMILES string of the molecule is CCCNC(CC(C)CC)c1ccc(C2CCC2)cc1. The summed E-state index contributed by atoms with van der Waals surface area (Å²) in [5, 5.41) is 3.73. The Hall–Kier alpha value is -0.820. The fourth-order valence-corrected chi connectivity index (χ4v) is 2.97. The van der Waals surface area contributed by atoms with Gasteiger partial charge in [0.05, 0.1) is 0 Å². The van der Waals surface area contributed by atoms with Crippen LogP contribution in [0.1, 0.15) is 82.4 Å². The molecule has 0 aromatic heterocycles. The summed E-state index contributed by atoms with van der Waals surface area (Å²) in [5.41, 5.74) is 3.03. The van der Waals surface area contributed by atoms with Crippen LogP contribution in [0.5, 0.6) is 0 Å². The monoisotopic (exact) mass is 273 g/mol. The van der Waals surface area contributed by atoms with Gasteiger partial charge in [0, 0.05) is 6.04 Å². The van der Waals surface area contributed by atoms with Gasteiger partial charge in [0.15, 0.2) is 0 Å². The van der Waals surface area contributed by atoms with Crippen LogP contribution in [-0.4, -0.2) is 6.54 Å². The van der Waals surface area contributed by atoms with Gasteiger partial charge in [-0.15, -0.1) is 0 Å². The second kappa shape index (κ2) is 7.83. The van der Waals surface area contributed by atoms with Crippen LogP contribution < -0.4 is 5.32 Å². The van der Waals surface area contributed by atoms with Crippen LogP contribution in [0.25, 0.3) is 0 Å². The van der Waals surface area contributed by atoms with Crippen molar-refractivity contribution in [3.63, 3.8) is 0 Å². The van der Waals surface area contributed by atoms with Crippen LogP contribution in [-0.2, 0) is 0 Å². The molecule has 0 amide bonds. The summed E-state index contributed by atoms with van der Waals surface area (Å²) in [5.74, 6) is 1.64. The summed E-state index contributed by atoms with van der Waals surface area (Å²) in [6.45, 7) is 8.02. The number of hydrogen-bond acceptors (Lipinski definition) is 1. The van der Waals surface area contributed by atoms with Gasteiger partial charge in [-0.3, -0.25) is 0 Å². The molecule has 1 nitrogen and oxygen atoms in total. The summed E-state index contributed by atoms with van der Waals surface area (Å²) in [7, 11) is 0. The Labute approximate surface area is 125 Å². The van der Waals surface area contributed by atoms with Crippen molar-refractivity contribution in [3.8, 4) is 0 Å². The number of rotatable bonds is 8. The topological polar surface area (TPSA) is 12.0 Å². The molecule has 0 bridgehead atoms. The van der Waals surface area contributed by atoms with Crippen molar-refractivity contribution in [2.24, 2.45) is 5.92 Å². The lowest BCUT2D eigenvalue weighted by molar-refractivity contribution is 0.401. The average Bonchev–Trinajstić information content (AvgIpc) is 2.42. The van der Waals surface area contributed by atoms with Crippen LogP contribution in [0.3, 0.4) is 0 Å². The quantitative estimate of drug-likeness (QED) is 0.666. The molecular formula is C19H31N. The summed E-state index contributed by atoms with van der Waals surface area (Å²) >= 11 is 0. The Morgan fingerprint density at radius 3 is 2.35 bits per heavy atom. The summed E-state index contributed by atoms with van der Waals surface area (Å²) < 4.78 is 0. The molecule has 1 aromatic carbocycles. The van der Waals surface area contributed by atoms with E-state index in [4.69, 9.17) is 0 Å². The number of hydrogen-bond donors (Lipinski definition) is 1. The molecule has 20 heavy (non-hydrogen) atoms. The van der Waals surface area contributed by atoms with Crippen LogP contribution in [0.4, 0.5) is 0 Å². The van der Waals surface area contributed by atoms with Crippen molar-refractivity contribution < 1.29 is 0 Å². The van der Waals surface area contributed by atoms with Gasteiger partial charge in [0.1, 0.15) is 0 Å². The molecule has 2 atom stereocenters. The minimum atomic E-state index is 0.528. The molecule has 0 radical (unpaired) electrons. The highest BCUT2D eigenvalue weighted by atomic mass is 14.9. The maximum absolute atomic E-state index is 3.73. The van der Waals surface area contributed by atoms with E-state index in [0.29, 0.717) is 6.04 Å². The maximum atomic E-state index is 3.73. The Balaban J connectivity index is 2.02. The van der Waals surface area contributed by atoms with E-state index in [0.717, 1.165) is 18.4 Å². The molecule has 0 spiro atoms. The minimum Gasteiger partial charge on any atom is -0.310 e. The third-order valence-electron chi connectivity index (χ3n) is 4.89. The second-order valence-electron chi connectivity index (χ2n) is 6.55. The van der Waals surface area contributed by atoms with Crippen LogP contribution in [0.2, 0.25) is 0 Å². The lowest BCUT2D eigenvalue weighted by Gasteiger charge is -2.27. The van der Waals surface area contributed by atoms with E-state index < -0.39 is 0 Å². The standard InChI is InChI=1S/C19H31N/c1-4-13-20-19(14-15(3)5-2)18-11-9-17(10-12-18)16-7-6-8-16/h9-12,15-16,19-20H,4-8,13-14H2,1-3H3. The van der Waals surface area contributed by atoms with Crippen LogP contribution >= 0.6 is 0 Å². The predicted molar refractivity (Wildman–Crippen MR) is 88.1 cm³/mol. The molecule has 1 aliphatic rings. The number of nitrogens with one attached hydrogen (secondary N) is 1. The van der Waals surface area contributed by atoms with Crippen molar-refractivity contribution in [2.75, 3.05) is 6.54 Å². The fraction of sp³-hybridized carbons (Fsp3) is 0.684.